The van der Waals surface area contributed by atoms with Gasteiger partial charge in [-0.15, -0.1) is 0 Å². The van der Waals surface area contributed by atoms with Crippen molar-refractivity contribution in [2.45, 2.75) is 71.8 Å². The number of carbonyl (C=O) groups excluding carboxylic acids is 1. The monoisotopic (exact) mass is 302 g/mol. The molecule has 2 nitrogen and oxygen atoms in total. The highest BCUT2D eigenvalue weighted by Gasteiger charge is 2.59. The number of rotatable bonds is 0. The van der Waals surface area contributed by atoms with E-state index in [-0.39, 0.29) is 16.9 Å². The average Bonchev–Trinajstić information content (AvgIpc) is 2.79. The summed E-state index contributed by atoms with van der Waals surface area (Å²) in [5.41, 5.74) is 1.78. The predicted molar refractivity (Wildman–Crippen MR) is 87.3 cm³/mol. The van der Waals surface area contributed by atoms with Gasteiger partial charge in [0.15, 0.2) is 0 Å². The van der Waals surface area contributed by atoms with Crippen molar-refractivity contribution in [2.24, 2.45) is 34.5 Å². The Morgan fingerprint density at radius 2 is 1.77 bits per heavy atom. The lowest BCUT2D eigenvalue weighted by molar-refractivity contribution is -0.132. The van der Waals surface area contributed by atoms with Crippen LogP contribution in [0.25, 0.3) is 0 Å². The summed E-state index contributed by atoms with van der Waals surface area (Å²) in [6.45, 7) is 6.91. The van der Waals surface area contributed by atoms with E-state index in [0.29, 0.717) is 23.5 Å². The standard InChI is InChI=1S/C20H30O2/c1-12-14-5-4-13-15-6-7-18(22)20(15,3)10-8-16(13)19(14,2)11-9-17(12)21/h5,12-13,15-17,21H,4,6-11H2,1-3H3/t12-,13-,15-,16-,17?,19-,20-/m0/s1. The highest BCUT2D eigenvalue weighted by molar-refractivity contribution is 5.87. The fourth-order valence-corrected chi connectivity index (χ4v) is 6.83. The smallest absolute Gasteiger partial charge is 0.139 e. The first-order valence-electron chi connectivity index (χ1n) is 9.30. The molecule has 122 valence electrons. The van der Waals surface area contributed by atoms with Gasteiger partial charge < -0.3 is 5.11 Å². The van der Waals surface area contributed by atoms with Gasteiger partial charge in [0.1, 0.15) is 5.78 Å². The zero-order chi connectivity index (χ0) is 15.7. The Kier molecular flexibility index (Phi) is 3.18. The normalized spacial score (nSPS) is 54.3. The number of allylic oxidation sites excluding steroid dienone is 1. The first kappa shape index (κ1) is 14.9. The molecule has 0 aromatic rings. The highest BCUT2D eigenvalue weighted by atomic mass is 16.3. The molecule has 0 radical (unpaired) electrons. The van der Waals surface area contributed by atoms with Crippen molar-refractivity contribution in [3.63, 3.8) is 0 Å². The summed E-state index contributed by atoms with van der Waals surface area (Å²) in [6, 6.07) is 0. The number of fused-ring (bicyclic) bond motifs is 5. The molecule has 3 saturated carbocycles. The topological polar surface area (TPSA) is 37.3 Å². The van der Waals surface area contributed by atoms with Crippen LogP contribution in [-0.2, 0) is 4.79 Å². The summed E-state index contributed by atoms with van der Waals surface area (Å²) < 4.78 is 0. The number of hydrogen-bond acceptors (Lipinski definition) is 2. The molecule has 4 rings (SSSR count). The third kappa shape index (κ3) is 1.74. The minimum atomic E-state index is -0.155. The van der Waals surface area contributed by atoms with Gasteiger partial charge in [-0.3, -0.25) is 4.79 Å². The Balaban J connectivity index is 1.71. The minimum Gasteiger partial charge on any atom is -0.393 e. The number of Topliss-reactive ketones (excluding diaryl/α,β-unsaturated/α-hetero) is 1. The van der Waals surface area contributed by atoms with Gasteiger partial charge in [0, 0.05) is 17.8 Å². The maximum absolute atomic E-state index is 12.4. The third-order valence-electron chi connectivity index (χ3n) is 8.26. The Bertz CT molecular complexity index is 536. The largest absolute Gasteiger partial charge is 0.393 e. The molecule has 0 saturated heterocycles. The van der Waals surface area contributed by atoms with Gasteiger partial charge in [0.25, 0.3) is 0 Å². The van der Waals surface area contributed by atoms with Crippen molar-refractivity contribution in [2.75, 3.05) is 0 Å². The van der Waals surface area contributed by atoms with E-state index >= 15 is 0 Å². The fourth-order valence-electron chi connectivity index (χ4n) is 6.83. The van der Waals surface area contributed by atoms with Crippen LogP contribution in [0.15, 0.2) is 11.6 Å². The second kappa shape index (κ2) is 4.69. The van der Waals surface area contributed by atoms with Gasteiger partial charge in [0.2, 0.25) is 0 Å². The summed E-state index contributed by atoms with van der Waals surface area (Å²) in [5, 5.41) is 10.3. The van der Waals surface area contributed by atoms with Gasteiger partial charge in [0.05, 0.1) is 6.10 Å². The molecular formula is C20H30O2. The van der Waals surface area contributed by atoms with E-state index < -0.39 is 0 Å². The molecule has 0 aromatic carbocycles. The maximum atomic E-state index is 12.4. The van der Waals surface area contributed by atoms with Crippen molar-refractivity contribution in [1.29, 1.82) is 0 Å². The zero-order valence-electron chi connectivity index (χ0n) is 14.3. The summed E-state index contributed by atoms with van der Waals surface area (Å²) >= 11 is 0. The van der Waals surface area contributed by atoms with E-state index in [1.54, 1.807) is 0 Å². The number of ketones is 1. The van der Waals surface area contributed by atoms with Crippen LogP contribution in [0.3, 0.4) is 0 Å². The van der Waals surface area contributed by atoms with Crippen LogP contribution in [0.2, 0.25) is 0 Å². The van der Waals surface area contributed by atoms with E-state index in [0.717, 1.165) is 44.4 Å². The molecule has 0 aliphatic heterocycles. The first-order valence-corrected chi connectivity index (χ1v) is 9.30. The number of hydrogen-bond donors (Lipinski definition) is 1. The Hall–Kier alpha value is -0.630. The van der Waals surface area contributed by atoms with Gasteiger partial charge in [-0.1, -0.05) is 32.4 Å². The summed E-state index contributed by atoms with van der Waals surface area (Å²) in [5.74, 6) is 2.88. The Morgan fingerprint density at radius 1 is 1.09 bits per heavy atom. The van der Waals surface area contributed by atoms with E-state index in [2.05, 4.69) is 26.8 Å². The lowest BCUT2D eigenvalue weighted by Crippen LogP contribution is -2.52. The van der Waals surface area contributed by atoms with Crippen LogP contribution >= 0.6 is 0 Å². The quantitative estimate of drug-likeness (QED) is 0.683. The van der Waals surface area contributed by atoms with Gasteiger partial charge in [-0.2, -0.15) is 0 Å². The van der Waals surface area contributed by atoms with Crippen molar-refractivity contribution < 1.29 is 9.90 Å². The van der Waals surface area contributed by atoms with E-state index in [1.165, 1.54) is 12.0 Å². The van der Waals surface area contributed by atoms with Gasteiger partial charge in [-0.25, -0.2) is 0 Å². The molecule has 1 N–H and O–H groups in total. The van der Waals surface area contributed by atoms with Gasteiger partial charge >= 0.3 is 0 Å². The summed E-state index contributed by atoms with van der Waals surface area (Å²) in [6.07, 6.45) is 9.75. The summed E-state index contributed by atoms with van der Waals surface area (Å²) in [4.78, 5) is 12.4. The SMILES string of the molecule is C[C@H]1C2=CC[C@@H]3[C@H](CC[C@]4(C)C(=O)CC[C@@H]34)[C@@]2(C)CCC1O. The van der Waals surface area contributed by atoms with Crippen LogP contribution in [0.4, 0.5) is 0 Å². The molecule has 1 unspecified atom stereocenters. The molecule has 0 amide bonds. The van der Waals surface area contributed by atoms with E-state index in [9.17, 15) is 9.90 Å². The fraction of sp³-hybridized carbons (Fsp3) is 0.850. The second-order valence-corrected chi connectivity index (χ2v) is 9.00. The molecule has 0 heterocycles. The lowest BCUT2D eigenvalue weighted by atomic mass is 9.47. The highest BCUT2D eigenvalue weighted by Crippen LogP contribution is 2.64. The van der Waals surface area contributed by atoms with Crippen molar-refractivity contribution in [1.82, 2.24) is 0 Å². The minimum absolute atomic E-state index is 0.0251. The summed E-state index contributed by atoms with van der Waals surface area (Å²) in [7, 11) is 0. The van der Waals surface area contributed by atoms with Crippen LogP contribution in [0, 0.1) is 34.5 Å². The van der Waals surface area contributed by atoms with Crippen LogP contribution < -0.4 is 0 Å². The Labute approximate surface area is 134 Å². The molecule has 0 bridgehead atoms. The van der Waals surface area contributed by atoms with E-state index in [1.807, 2.05) is 0 Å². The Morgan fingerprint density at radius 3 is 2.55 bits per heavy atom. The maximum Gasteiger partial charge on any atom is 0.139 e. The van der Waals surface area contributed by atoms with Crippen LogP contribution in [-0.4, -0.2) is 17.0 Å². The average molecular weight is 302 g/mol. The predicted octanol–water partition coefficient (Wildman–Crippen LogP) is 4.13. The van der Waals surface area contributed by atoms with E-state index in [4.69, 9.17) is 0 Å². The zero-order valence-corrected chi connectivity index (χ0v) is 14.3. The molecule has 4 aliphatic carbocycles. The van der Waals surface area contributed by atoms with Crippen LogP contribution in [0.5, 0.6) is 0 Å². The first-order chi connectivity index (χ1) is 10.4. The molecule has 22 heavy (non-hydrogen) atoms. The van der Waals surface area contributed by atoms with Crippen molar-refractivity contribution in [3.8, 4) is 0 Å². The lowest BCUT2D eigenvalue weighted by Gasteiger charge is -2.58. The molecule has 0 spiro atoms. The molecule has 3 fully saturated rings. The van der Waals surface area contributed by atoms with Crippen molar-refractivity contribution >= 4 is 5.78 Å². The number of carbonyl (C=O) groups is 1. The molecular weight excluding hydrogens is 272 g/mol. The molecule has 7 atom stereocenters. The van der Waals surface area contributed by atoms with Crippen molar-refractivity contribution in [3.05, 3.63) is 11.6 Å². The number of aliphatic hydroxyl groups excluding tert-OH is 1. The molecule has 0 aromatic heterocycles. The van der Waals surface area contributed by atoms with Gasteiger partial charge in [-0.05, 0) is 61.7 Å². The molecule has 2 heteroatoms. The molecule has 4 aliphatic rings. The second-order valence-electron chi connectivity index (χ2n) is 9.00. The third-order valence-corrected chi connectivity index (χ3v) is 8.26. The number of aliphatic hydroxyl groups is 1. The van der Waals surface area contributed by atoms with Crippen LogP contribution in [0.1, 0.15) is 65.7 Å².